The van der Waals surface area contributed by atoms with Crippen LogP contribution in [0.2, 0.25) is 18.1 Å². The normalized spacial score (nSPS) is 21.8. The first kappa shape index (κ1) is 22.3. The zero-order chi connectivity index (χ0) is 20.8. The number of hydrogen-bond donors (Lipinski definition) is 1. The highest BCUT2D eigenvalue weighted by atomic mass is 28.4. The van der Waals surface area contributed by atoms with E-state index in [1.807, 2.05) is 44.2 Å². The second-order valence-electron chi connectivity index (χ2n) is 7.72. The molecule has 5 heteroatoms. The molecule has 0 heterocycles. The number of allylic oxidation sites excluding steroid dienone is 1. The molecule has 0 bridgehead atoms. The van der Waals surface area contributed by atoms with Gasteiger partial charge in [0.2, 0.25) is 8.32 Å². The Labute approximate surface area is 170 Å². The lowest BCUT2D eigenvalue weighted by molar-refractivity contribution is -0.0000340. The van der Waals surface area contributed by atoms with E-state index < -0.39 is 13.9 Å². The number of para-hydroxylation sites is 1. The summed E-state index contributed by atoms with van der Waals surface area (Å²) in [6.45, 7) is 10.6. The average molecular weight is 400 g/mol. The quantitative estimate of drug-likeness (QED) is 0.563. The van der Waals surface area contributed by atoms with Gasteiger partial charge in [-0.1, -0.05) is 45.0 Å². The highest BCUT2D eigenvalue weighted by Gasteiger charge is 2.39. The van der Waals surface area contributed by atoms with Crippen molar-refractivity contribution in [2.24, 2.45) is 5.92 Å². The molecule has 2 rings (SSSR count). The zero-order valence-corrected chi connectivity index (χ0v) is 18.8. The van der Waals surface area contributed by atoms with Gasteiger partial charge in [0, 0.05) is 12.3 Å². The first-order valence-corrected chi connectivity index (χ1v) is 12.7. The molecule has 2 atom stereocenters. The average Bonchev–Trinajstić information content (AvgIpc) is 2.68. The largest absolute Gasteiger partial charge is 0.544 e. The lowest BCUT2D eigenvalue weighted by Crippen LogP contribution is -2.44. The summed E-state index contributed by atoms with van der Waals surface area (Å²) in [7, 11) is -1.85. The molecule has 2 unspecified atom stereocenters. The van der Waals surface area contributed by atoms with Crippen LogP contribution in [-0.4, -0.2) is 25.6 Å². The summed E-state index contributed by atoms with van der Waals surface area (Å²) in [5, 5.41) is 20.6. The summed E-state index contributed by atoms with van der Waals surface area (Å²) in [5.74, 6) is 1.17. The van der Waals surface area contributed by atoms with Crippen LogP contribution < -0.4 is 4.74 Å². The molecular weight excluding hydrogens is 366 g/mol. The van der Waals surface area contributed by atoms with Crippen LogP contribution in [0.5, 0.6) is 5.75 Å². The lowest BCUT2D eigenvalue weighted by atomic mass is 9.82. The number of aryl methyl sites for hydroxylation is 2. The fourth-order valence-electron chi connectivity index (χ4n) is 3.77. The maximum absolute atomic E-state index is 11.4. The maximum Gasteiger partial charge on any atom is 0.250 e. The molecule has 0 saturated heterocycles. The van der Waals surface area contributed by atoms with E-state index in [0.717, 1.165) is 35.0 Å². The molecule has 0 fully saturated rings. The van der Waals surface area contributed by atoms with Gasteiger partial charge >= 0.3 is 0 Å². The fourth-order valence-corrected chi connectivity index (χ4v) is 6.33. The first-order chi connectivity index (χ1) is 13.3. The molecule has 1 aromatic rings. The molecule has 0 saturated carbocycles. The highest BCUT2D eigenvalue weighted by Crippen LogP contribution is 2.35. The van der Waals surface area contributed by atoms with Crippen LogP contribution in [0.4, 0.5) is 0 Å². The fraction of sp³-hybridized carbons (Fsp3) is 0.522. The summed E-state index contributed by atoms with van der Waals surface area (Å²) < 4.78 is 12.5. The van der Waals surface area contributed by atoms with E-state index in [-0.39, 0.29) is 18.9 Å². The molecule has 28 heavy (non-hydrogen) atoms. The first-order valence-electron chi connectivity index (χ1n) is 10.2. The molecule has 0 radical (unpaired) electrons. The number of rotatable bonds is 9. The second-order valence-corrected chi connectivity index (χ2v) is 12.4. The lowest BCUT2D eigenvalue weighted by Gasteiger charge is -2.37. The molecule has 0 spiro atoms. The molecule has 1 aromatic carbocycles. The Morgan fingerprint density at radius 3 is 2.29 bits per heavy atom. The predicted octanol–water partition coefficient (Wildman–Crippen LogP) is 5.42. The number of benzene rings is 1. The van der Waals surface area contributed by atoms with E-state index in [2.05, 4.69) is 26.8 Å². The summed E-state index contributed by atoms with van der Waals surface area (Å²) in [5.41, 5.74) is 0.785. The van der Waals surface area contributed by atoms with E-state index in [0.29, 0.717) is 5.76 Å². The van der Waals surface area contributed by atoms with Crippen molar-refractivity contribution < 1.29 is 14.3 Å². The Balaban J connectivity index is 2.29. The van der Waals surface area contributed by atoms with Crippen molar-refractivity contribution in [1.82, 2.24) is 0 Å². The minimum Gasteiger partial charge on any atom is -0.544 e. The summed E-state index contributed by atoms with van der Waals surface area (Å²) in [4.78, 5) is 0. The van der Waals surface area contributed by atoms with Gasteiger partial charge in [0.25, 0.3) is 0 Å². The molecule has 0 aliphatic heterocycles. The molecule has 4 nitrogen and oxygen atoms in total. The number of aliphatic hydroxyl groups is 1. The monoisotopic (exact) mass is 399 g/mol. The third-order valence-electron chi connectivity index (χ3n) is 5.96. The van der Waals surface area contributed by atoms with Crippen LogP contribution in [0.3, 0.4) is 0 Å². The van der Waals surface area contributed by atoms with Crippen molar-refractivity contribution in [2.45, 2.75) is 64.8 Å². The molecule has 0 aromatic heterocycles. The third kappa shape index (κ3) is 4.87. The zero-order valence-electron chi connectivity index (χ0n) is 17.8. The van der Waals surface area contributed by atoms with E-state index >= 15 is 0 Å². The van der Waals surface area contributed by atoms with Crippen LogP contribution in [0.15, 0.2) is 42.2 Å². The Morgan fingerprint density at radius 2 is 1.75 bits per heavy atom. The maximum atomic E-state index is 11.4. The highest BCUT2D eigenvalue weighted by molar-refractivity contribution is 6.73. The van der Waals surface area contributed by atoms with Crippen molar-refractivity contribution in [3.8, 4) is 11.8 Å². The minimum atomic E-state index is -1.85. The summed E-state index contributed by atoms with van der Waals surface area (Å²) >= 11 is 0. The van der Waals surface area contributed by atoms with Crippen LogP contribution in [-0.2, 0) is 4.43 Å². The van der Waals surface area contributed by atoms with E-state index in [9.17, 15) is 10.4 Å². The Morgan fingerprint density at radius 1 is 1.14 bits per heavy atom. The minimum absolute atomic E-state index is 0.0845. The van der Waals surface area contributed by atoms with Gasteiger partial charge in [-0.25, -0.2) is 0 Å². The van der Waals surface area contributed by atoms with Crippen molar-refractivity contribution in [3.05, 3.63) is 53.3 Å². The third-order valence-corrected chi connectivity index (χ3v) is 10.5. The molecule has 152 valence electrons. The second kappa shape index (κ2) is 9.44. The van der Waals surface area contributed by atoms with Crippen LogP contribution in [0.25, 0.3) is 0 Å². The van der Waals surface area contributed by atoms with Crippen LogP contribution >= 0.6 is 0 Å². The number of nitriles is 1. The Bertz CT molecular complexity index is 748. The Hall–Kier alpha value is -2.03. The van der Waals surface area contributed by atoms with Crippen molar-refractivity contribution in [1.29, 1.82) is 5.26 Å². The van der Waals surface area contributed by atoms with Gasteiger partial charge < -0.3 is 14.3 Å². The van der Waals surface area contributed by atoms with Crippen molar-refractivity contribution in [2.75, 3.05) is 6.61 Å². The number of nitrogens with zero attached hydrogens (tertiary/aromatic N) is 1. The standard InChI is InChI=1S/C23H33NO3Si/c1-6-28(7-2,8-3)27-21-13-12-20(14-15-24)23(25,16-21)17-26-22-18(4)10-9-11-19(22)5/h9-13,16,20,25H,6-8,14,17H2,1-5H3. The van der Waals surface area contributed by atoms with Gasteiger partial charge in [-0.15, -0.1) is 0 Å². The number of ether oxygens (including phenoxy) is 1. The molecule has 1 N–H and O–H groups in total. The van der Waals surface area contributed by atoms with Gasteiger partial charge in [-0.05, 0) is 55.3 Å². The van der Waals surface area contributed by atoms with E-state index in [4.69, 9.17) is 9.16 Å². The number of hydrogen-bond acceptors (Lipinski definition) is 4. The van der Waals surface area contributed by atoms with E-state index in [1.165, 1.54) is 0 Å². The SMILES string of the molecule is CC[Si](CC)(CC)OC1=CC(O)(COc2c(C)cccc2C)C(CC#N)C=C1. The molecule has 1 aliphatic carbocycles. The Kier molecular flexibility index (Phi) is 7.51. The van der Waals surface area contributed by atoms with Gasteiger partial charge in [0.05, 0.1) is 6.07 Å². The topological polar surface area (TPSA) is 62.5 Å². The molecule has 1 aliphatic rings. The molecular formula is C23H33NO3Si. The van der Waals surface area contributed by atoms with Crippen molar-refractivity contribution >= 4 is 8.32 Å². The van der Waals surface area contributed by atoms with Gasteiger partial charge in [-0.2, -0.15) is 5.26 Å². The predicted molar refractivity (Wildman–Crippen MR) is 116 cm³/mol. The molecule has 0 amide bonds. The summed E-state index contributed by atoms with van der Waals surface area (Å²) in [6, 6.07) is 11.3. The van der Waals surface area contributed by atoms with E-state index in [1.54, 1.807) is 6.08 Å². The van der Waals surface area contributed by atoms with Crippen molar-refractivity contribution in [3.63, 3.8) is 0 Å². The summed E-state index contributed by atoms with van der Waals surface area (Å²) in [6.07, 6.45) is 5.81. The van der Waals surface area contributed by atoms with Gasteiger partial charge in [0.1, 0.15) is 23.7 Å². The van der Waals surface area contributed by atoms with Crippen LogP contribution in [0, 0.1) is 31.1 Å². The smallest absolute Gasteiger partial charge is 0.250 e. The van der Waals surface area contributed by atoms with Crippen LogP contribution in [0.1, 0.15) is 38.3 Å². The van der Waals surface area contributed by atoms with Gasteiger partial charge in [0.15, 0.2) is 0 Å². The van der Waals surface area contributed by atoms with Gasteiger partial charge in [-0.3, -0.25) is 0 Å².